The Morgan fingerprint density at radius 3 is 2.86 bits per heavy atom. The van der Waals surface area contributed by atoms with Crippen molar-refractivity contribution in [3.63, 3.8) is 0 Å². The van der Waals surface area contributed by atoms with Gasteiger partial charge in [0.2, 0.25) is 0 Å². The zero-order chi connectivity index (χ0) is 10.6. The van der Waals surface area contributed by atoms with E-state index in [1.54, 1.807) is 6.20 Å². The predicted molar refractivity (Wildman–Crippen MR) is 53.9 cm³/mol. The number of rotatable bonds is 3. The van der Waals surface area contributed by atoms with Gasteiger partial charge in [0.15, 0.2) is 0 Å². The molecule has 3 heteroatoms. The van der Waals surface area contributed by atoms with Crippen molar-refractivity contribution in [1.82, 2.24) is 4.98 Å². The third kappa shape index (κ3) is 3.17. The van der Waals surface area contributed by atoms with Crippen molar-refractivity contribution in [2.75, 3.05) is 0 Å². The molecular formula is C11H15NO2. The lowest BCUT2D eigenvalue weighted by molar-refractivity contribution is -0.146. The van der Waals surface area contributed by atoms with Crippen LogP contribution in [-0.2, 0) is 16.0 Å². The molecule has 0 atom stereocenters. The van der Waals surface area contributed by atoms with Gasteiger partial charge in [-0.15, -0.1) is 0 Å². The normalized spacial score (nSPS) is 10.3. The Balaban J connectivity index is 2.61. The number of aromatic nitrogens is 1. The molecule has 0 radical (unpaired) electrons. The van der Waals surface area contributed by atoms with Crippen molar-refractivity contribution in [2.45, 2.75) is 33.3 Å². The molecule has 0 aliphatic heterocycles. The molecule has 1 aromatic heterocycles. The first-order valence-corrected chi connectivity index (χ1v) is 4.69. The second-order valence-corrected chi connectivity index (χ2v) is 3.46. The summed E-state index contributed by atoms with van der Waals surface area (Å²) in [4.78, 5) is 15.4. The number of ether oxygens (including phenoxy) is 1. The molecule has 14 heavy (non-hydrogen) atoms. The maximum absolute atomic E-state index is 11.3. The summed E-state index contributed by atoms with van der Waals surface area (Å²) in [6, 6.07) is 3.72. The van der Waals surface area contributed by atoms with Gasteiger partial charge in [-0.1, -0.05) is 6.07 Å². The lowest BCUT2D eigenvalue weighted by Gasteiger charge is -2.08. The molecule has 1 rings (SSSR count). The fraction of sp³-hybridized carbons (Fsp3) is 0.455. The number of pyridine rings is 1. The summed E-state index contributed by atoms with van der Waals surface area (Å²) in [5.41, 5.74) is 1.81. The van der Waals surface area contributed by atoms with Gasteiger partial charge in [-0.3, -0.25) is 9.78 Å². The van der Waals surface area contributed by atoms with Crippen LogP contribution in [0.3, 0.4) is 0 Å². The molecule has 0 aliphatic rings. The maximum Gasteiger partial charge on any atom is 0.310 e. The summed E-state index contributed by atoms with van der Waals surface area (Å²) in [6.45, 7) is 5.57. The molecule has 1 aromatic rings. The minimum Gasteiger partial charge on any atom is -0.463 e. The Kier molecular flexibility index (Phi) is 3.63. The highest BCUT2D eigenvalue weighted by atomic mass is 16.5. The molecule has 3 nitrogen and oxygen atoms in total. The van der Waals surface area contributed by atoms with Gasteiger partial charge in [0.05, 0.1) is 12.5 Å². The van der Waals surface area contributed by atoms with E-state index in [9.17, 15) is 4.79 Å². The number of carbonyl (C=O) groups is 1. The van der Waals surface area contributed by atoms with Crippen LogP contribution in [0.5, 0.6) is 0 Å². The lowest BCUT2D eigenvalue weighted by Crippen LogP contribution is -2.14. The Morgan fingerprint density at radius 2 is 2.29 bits per heavy atom. The van der Waals surface area contributed by atoms with Crippen LogP contribution >= 0.6 is 0 Å². The largest absolute Gasteiger partial charge is 0.463 e. The van der Waals surface area contributed by atoms with Crippen LogP contribution in [0.4, 0.5) is 0 Å². The Morgan fingerprint density at radius 1 is 1.57 bits per heavy atom. The summed E-state index contributed by atoms with van der Waals surface area (Å²) in [7, 11) is 0. The molecule has 0 aliphatic carbocycles. The fourth-order valence-electron chi connectivity index (χ4n) is 1.16. The Hall–Kier alpha value is -1.38. The van der Waals surface area contributed by atoms with Gasteiger partial charge < -0.3 is 4.74 Å². The second-order valence-electron chi connectivity index (χ2n) is 3.46. The van der Waals surface area contributed by atoms with Gasteiger partial charge in [-0.05, 0) is 32.4 Å². The van der Waals surface area contributed by atoms with E-state index in [1.165, 1.54) is 0 Å². The Bertz CT molecular complexity index is 321. The molecule has 0 N–H and O–H groups in total. The third-order valence-electron chi connectivity index (χ3n) is 1.82. The van der Waals surface area contributed by atoms with Crippen LogP contribution in [-0.4, -0.2) is 17.1 Å². The number of nitrogens with zero attached hydrogens (tertiary/aromatic N) is 1. The first kappa shape index (κ1) is 10.7. The molecule has 0 saturated carbocycles. The maximum atomic E-state index is 11.3. The smallest absolute Gasteiger partial charge is 0.310 e. The van der Waals surface area contributed by atoms with Crippen molar-refractivity contribution >= 4 is 5.97 Å². The first-order chi connectivity index (χ1) is 6.59. The summed E-state index contributed by atoms with van der Waals surface area (Å²) in [5.74, 6) is -0.198. The standard InChI is InChI=1S/C11H15NO2/c1-8(2)14-11(13)7-10-5-4-6-12-9(10)3/h4-6,8H,7H2,1-3H3. The van der Waals surface area contributed by atoms with Crippen LogP contribution in [0.1, 0.15) is 25.1 Å². The highest BCUT2D eigenvalue weighted by molar-refractivity contribution is 5.72. The van der Waals surface area contributed by atoms with Crippen LogP contribution < -0.4 is 0 Å². The van der Waals surface area contributed by atoms with Gasteiger partial charge in [-0.2, -0.15) is 0 Å². The number of hydrogen-bond donors (Lipinski definition) is 0. The van der Waals surface area contributed by atoms with Gasteiger partial charge in [0.1, 0.15) is 0 Å². The molecular weight excluding hydrogens is 178 g/mol. The summed E-state index contributed by atoms with van der Waals surface area (Å²) in [5, 5.41) is 0. The van der Waals surface area contributed by atoms with Crippen molar-refractivity contribution in [3.05, 3.63) is 29.6 Å². The molecule has 0 saturated heterocycles. The average molecular weight is 193 g/mol. The monoisotopic (exact) mass is 193 g/mol. The summed E-state index contributed by atoms with van der Waals surface area (Å²) < 4.78 is 5.04. The van der Waals surface area contributed by atoms with Crippen LogP contribution in [0.2, 0.25) is 0 Å². The zero-order valence-corrected chi connectivity index (χ0v) is 8.78. The molecule has 76 valence electrons. The highest BCUT2D eigenvalue weighted by Crippen LogP contribution is 2.06. The second kappa shape index (κ2) is 4.74. The van der Waals surface area contributed by atoms with Crippen LogP contribution in [0.15, 0.2) is 18.3 Å². The molecule has 0 aromatic carbocycles. The van der Waals surface area contributed by atoms with E-state index in [4.69, 9.17) is 4.74 Å². The van der Waals surface area contributed by atoms with Crippen molar-refractivity contribution < 1.29 is 9.53 Å². The van der Waals surface area contributed by atoms with Crippen LogP contribution in [0.25, 0.3) is 0 Å². The molecule has 0 amide bonds. The van der Waals surface area contributed by atoms with Crippen LogP contribution in [0, 0.1) is 6.92 Å². The molecule has 0 fully saturated rings. The number of esters is 1. The molecule has 1 heterocycles. The minimum atomic E-state index is -0.198. The van der Waals surface area contributed by atoms with E-state index < -0.39 is 0 Å². The molecule has 0 unspecified atom stereocenters. The SMILES string of the molecule is Cc1ncccc1CC(=O)OC(C)C. The Labute approximate surface area is 84.1 Å². The molecule has 0 spiro atoms. The number of hydrogen-bond acceptors (Lipinski definition) is 3. The van der Waals surface area contributed by atoms with Gasteiger partial charge >= 0.3 is 5.97 Å². The van der Waals surface area contributed by atoms with E-state index in [2.05, 4.69) is 4.98 Å². The van der Waals surface area contributed by atoms with E-state index in [1.807, 2.05) is 32.9 Å². The number of aryl methyl sites for hydroxylation is 1. The molecule has 0 bridgehead atoms. The van der Waals surface area contributed by atoms with Crippen molar-refractivity contribution in [1.29, 1.82) is 0 Å². The van der Waals surface area contributed by atoms with E-state index in [0.29, 0.717) is 6.42 Å². The predicted octanol–water partition coefficient (Wildman–Crippen LogP) is 1.88. The minimum absolute atomic E-state index is 0.0560. The van der Waals surface area contributed by atoms with Gasteiger partial charge in [0, 0.05) is 11.9 Å². The third-order valence-corrected chi connectivity index (χ3v) is 1.82. The quantitative estimate of drug-likeness (QED) is 0.688. The topological polar surface area (TPSA) is 39.2 Å². The van der Waals surface area contributed by atoms with Crippen molar-refractivity contribution in [2.24, 2.45) is 0 Å². The average Bonchev–Trinajstić information content (AvgIpc) is 2.07. The van der Waals surface area contributed by atoms with Crippen molar-refractivity contribution in [3.8, 4) is 0 Å². The van der Waals surface area contributed by atoms with Gasteiger partial charge in [-0.25, -0.2) is 0 Å². The summed E-state index contributed by atoms with van der Waals surface area (Å²) in [6.07, 6.45) is 1.96. The first-order valence-electron chi connectivity index (χ1n) is 4.69. The zero-order valence-electron chi connectivity index (χ0n) is 8.78. The van der Waals surface area contributed by atoms with E-state index in [-0.39, 0.29) is 12.1 Å². The highest BCUT2D eigenvalue weighted by Gasteiger charge is 2.08. The van der Waals surface area contributed by atoms with Gasteiger partial charge in [0.25, 0.3) is 0 Å². The lowest BCUT2D eigenvalue weighted by atomic mass is 10.1. The number of carbonyl (C=O) groups excluding carboxylic acids is 1. The van der Waals surface area contributed by atoms with E-state index in [0.717, 1.165) is 11.3 Å². The summed E-state index contributed by atoms with van der Waals surface area (Å²) >= 11 is 0. The van der Waals surface area contributed by atoms with E-state index >= 15 is 0 Å². The fourth-order valence-corrected chi connectivity index (χ4v) is 1.16.